The molecule has 0 radical (unpaired) electrons. The number of ether oxygens (including phenoxy) is 1. The lowest BCUT2D eigenvalue weighted by molar-refractivity contribution is 0.197. The van der Waals surface area contributed by atoms with E-state index in [2.05, 4.69) is 27.3 Å². The van der Waals surface area contributed by atoms with Gasteiger partial charge in [-0.05, 0) is 37.7 Å². The largest absolute Gasteiger partial charge is 0.486 e. The van der Waals surface area contributed by atoms with Crippen LogP contribution in [0.5, 0.6) is 5.75 Å². The van der Waals surface area contributed by atoms with Gasteiger partial charge in [-0.2, -0.15) is 0 Å². The minimum Gasteiger partial charge on any atom is -0.486 e. The molecule has 20 heavy (non-hydrogen) atoms. The first-order valence-corrected chi connectivity index (χ1v) is 7.24. The lowest BCUT2D eigenvalue weighted by Gasteiger charge is -2.17. The van der Waals surface area contributed by atoms with Gasteiger partial charge in [0, 0.05) is 16.5 Å². The van der Waals surface area contributed by atoms with Gasteiger partial charge in [0.2, 0.25) is 0 Å². The first kappa shape index (κ1) is 15.4. The number of fused-ring (bicyclic) bond motifs is 1. The van der Waals surface area contributed by atoms with Crippen molar-refractivity contribution in [3.63, 3.8) is 0 Å². The van der Waals surface area contributed by atoms with E-state index in [-0.39, 0.29) is 18.5 Å². The molecule has 1 atom stereocenters. The van der Waals surface area contributed by atoms with Crippen LogP contribution >= 0.6 is 28.3 Å². The molecule has 1 unspecified atom stereocenters. The van der Waals surface area contributed by atoms with Crippen molar-refractivity contribution in [3.05, 3.63) is 51.9 Å². The van der Waals surface area contributed by atoms with Gasteiger partial charge in [-0.3, -0.25) is 0 Å². The Hall–Kier alpha value is -0.970. The third-order valence-electron chi connectivity index (χ3n) is 3.26. The van der Waals surface area contributed by atoms with E-state index < -0.39 is 0 Å². The highest BCUT2D eigenvalue weighted by Crippen LogP contribution is 2.31. The number of rotatable bonds is 2. The second-order valence-corrected chi connectivity index (χ2v) is 5.68. The van der Waals surface area contributed by atoms with Crippen LogP contribution in [0.25, 0.3) is 0 Å². The van der Waals surface area contributed by atoms with E-state index in [9.17, 15) is 0 Å². The average molecular weight is 359 g/mol. The molecule has 3 rings (SSSR count). The van der Waals surface area contributed by atoms with E-state index in [1.807, 2.05) is 31.2 Å². The SMILES string of the molecule is Cc1cc2c(o1)CNCCC2Oc1cccc(Br)c1.Cl. The van der Waals surface area contributed by atoms with E-state index in [0.717, 1.165) is 41.3 Å². The maximum absolute atomic E-state index is 6.13. The number of benzene rings is 1. The van der Waals surface area contributed by atoms with Crippen molar-refractivity contribution in [1.82, 2.24) is 5.32 Å². The molecule has 1 aliphatic heterocycles. The zero-order chi connectivity index (χ0) is 13.2. The Kier molecular flexibility index (Phi) is 5.13. The van der Waals surface area contributed by atoms with Crippen LogP contribution in [0.15, 0.2) is 39.2 Å². The van der Waals surface area contributed by atoms with E-state index in [4.69, 9.17) is 9.15 Å². The van der Waals surface area contributed by atoms with Crippen molar-refractivity contribution in [1.29, 1.82) is 0 Å². The average Bonchev–Trinajstić information content (AvgIpc) is 2.65. The maximum atomic E-state index is 6.13. The van der Waals surface area contributed by atoms with Crippen molar-refractivity contribution in [2.24, 2.45) is 0 Å². The highest BCUT2D eigenvalue weighted by Gasteiger charge is 2.23. The summed E-state index contributed by atoms with van der Waals surface area (Å²) in [6.45, 7) is 3.69. The summed E-state index contributed by atoms with van der Waals surface area (Å²) < 4.78 is 12.9. The molecule has 1 aromatic carbocycles. The molecule has 2 aromatic rings. The molecule has 0 fully saturated rings. The maximum Gasteiger partial charge on any atom is 0.128 e. The van der Waals surface area contributed by atoms with E-state index in [0.29, 0.717) is 0 Å². The molecule has 1 aliphatic rings. The minimum atomic E-state index is 0. The fourth-order valence-electron chi connectivity index (χ4n) is 2.41. The molecule has 108 valence electrons. The van der Waals surface area contributed by atoms with Crippen LogP contribution in [0.3, 0.4) is 0 Å². The van der Waals surface area contributed by atoms with Gasteiger partial charge in [0.25, 0.3) is 0 Å². The zero-order valence-electron chi connectivity index (χ0n) is 11.2. The van der Waals surface area contributed by atoms with Crippen molar-refractivity contribution in [2.45, 2.75) is 26.0 Å². The molecule has 0 spiro atoms. The number of nitrogens with one attached hydrogen (secondary N) is 1. The van der Waals surface area contributed by atoms with Crippen molar-refractivity contribution in [2.75, 3.05) is 6.54 Å². The Morgan fingerprint density at radius 2 is 2.20 bits per heavy atom. The zero-order valence-corrected chi connectivity index (χ0v) is 13.6. The first-order chi connectivity index (χ1) is 9.22. The molecule has 0 amide bonds. The number of hydrogen-bond acceptors (Lipinski definition) is 3. The highest BCUT2D eigenvalue weighted by atomic mass is 79.9. The molecule has 0 saturated heterocycles. The number of hydrogen-bond donors (Lipinski definition) is 1. The smallest absolute Gasteiger partial charge is 0.128 e. The Labute approximate surface area is 133 Å². The third kappa shape index (κ3) is 3.37. The first-order valence-electron chi connectivity index (χ1n) is 6.44. The van der Waals surface area contributed by atoms with Crippen molar-refractivity contribution in [3.8, 4) is 5.75 Å². The van der Waals surface area contributed by atoms with Gasteiger partial charge in [-0.1, -0.05) is 22.0 Å². The highest BCUT2D eigenvalue weighted by molar-refractivity contribution is 9.10. The molecular weight excluding hydrogens is 342 g/mol. The topological polar surface area (TPSA) is 34.4 Å². The molecular formula is C15H17BrClNO2. The molecule has 2 heterocycles. The summed E-state index contributed by atoms with van der Waals surface area (Å²) in [5.74, 6) is 2.82. The second-order valence-electron chi connectivity index (χ2n) is 4.76. The van der Waals surface area contributed by atoms with Crippen LogP contribution in [0, 0.1) is 6.92 Å². The molecule has 3 nitrogen and oxygen atoms in total. The van der Waals surface area contributed by atoms with Gasteiger partial charge in [0.1, 0.15) is 23.4 Å². The molecule has 0 bridgehead atoms. The fraction of sp³-hybridized carbons (Fsp3) is 0.333. The normalized spacial score (nSPS) is 17.8. The van der Waals surface area contributed by atoms with E-state index >= 15 is 0 Å². The van der Waals surface area contributed by atoms with Crippen LogP contribution in [0.1, 0.15) is 29.6 Å². The van der Waals surface area contributed by atoms with E-state index in [1.165, 1.54) is 5.56 Å². The third-order valence-corrected chi connectivity index (χ3v) is 3.75. The monoisotopic (exact) mass is 357 g/mol. The summed E-state index contributed by atoms with van der Waals surface area (Å²) in [7, 11) is 0. The van der Waals surface area contributed by atoms with E-state index in [1.54, 1.807) is 0 Å². The van der Waals surface area contributed by atoms with Gasteiger partial charge in [0.05, 0.1) is 6.54 Å². The number of halogens is 2. The summed E-state index contributed by atoms with van der Waals surface area (Å²) in [5, 5.41) is 3.36. The summed E-state index contributed by atoms with van der Waals surface area (Å²) in [6, 6.07) is 10.0. The van der Waals surface area contributed by atoms with Crippen LogP contribution in [-0.4, -0.2) is 6.54 Å². The summed E-state index contributed by atoms with van der Waals surface area (Å²) >= 11 is 3.47. The Morgan fingerprint density at radius 1 is 1.35 bits per heavy atom. The molecule has 5 heteroatoms. The number of aryl methyl sites for hydroxylation is 1. The Morgan fingerprint density at radius 3 is 3.00 bits per heavy atom. The summed E-state index contributed by atoms with van der Waals surface area (Å²) in [6.07, 6.45) is 0.995. The van der Waals surface area contributed by atoms with Gasteiger partial charge < -0.3 is 14.5 Å². The second kappa shape index (κ2) is 6.66. The summed E-state index contributed by atoms with van der Waals surface area (Å²) in [5.41, 5.74) is 1.17. The Bertz CT molecular complexity index is 585. The van der Waals surface area contributed by atoms with Crippen LogP contribution < -0.4 is 10.1 Å². The lowest BCUT2D eigenvalue weighted by Crippen LogP contribution is -2.14. The lowest BCUT2D eigenvalue weighted by atomic mass is 10.1. The van der Waals surface area contributed by atoms with Gasteiger partial charge >= 0.3 is 0 Å². The van der Waals surface area contributed by atoms with Gasteiger partial charge in [-0.15, -0.1) is 12.4 Å². The van der Waals surface area contributed by atoms with Crippen LogP contribution in [0.2, 0.25) is 0 Å². The predicted molar refractivity (Wildman–Crippen MR) is 84.5 cm³/mol. The van der Waals surface area contributed by atoms with Crippen LogP contribution in [-0.2, 0) is 6.54 Å². The molecule has 1 N–H and O–H groups in total. The van der Waals surface area contributed by atoms with Crippen molar-refractivity contribution < 1.29 is 9.15 Å². The molecule has 1 aromatic heterocycles. The van der Waals surface area contributed by atoms with Gasteiger partial charge in [0.15, 0.2) is 0 Å². The Balaban J connectivity index is 0.00000147. The fourth-order valence-corrected chi connectivity index (χ4v) is 2.79. The predicted octanol–water partition coefficient (Wildman–Crippen LogP) is 4.39. The quantitative estimate of drug-likeness (QED) is 0.865. The summed E-state index contributed by atoms with van der Waals surface area (Å²) in [4.78, 5) is 0. The molecule has 0 aliphatic carbocycles. The molecule has 0 saturated carbocycles. The standard InChI is InChI=1S/C15H16BrNO2.ClH/c1-10-7-13-14(5-6-17-9-15(13)18-10)19-12-4-2-3-11(16)8-12;/h2-4,7-8,14,17H,5-6,9H2,1H3;1H. The van der Waals surface area contributed by atoms with Gasteiger partial charge in [-0.25, -0.2) is 0 Å². The van der Waals surface area contributed by atoms with Crippen molar-refractivity contribution >= 4 is 28.3 Å². The number of furan rings is 1. The minimum absolute atomic E-state index is 0. The van der Waals surface area contributed by atoms with Crippen LogP contribution in [0.4, 0.5) is 0 Å².